The fourth-order valence-electron chi connectivity index (χ4n) is 2.51. The van der Waals surface area contributed by atoms with Gasteiger partial charge in [-0.1, -0.05) is 18.6 Å². The van der Waals surface area contributed by atoms with Gasteiger partial charge in [-0.05, 0) is 43.6 Å². The first kappa shape index (κ1) is 12.5. The van der Waals surface area contributed by atoms with E-state index in [1.165, 1.54) is 37.9 Å². The van der Waals surface area contributed by atoms with Crippen LogP contribution in [-0.4, -0.2) is 36.7 Å². The van der Waals surface area contributed by atoms with E-state index in [1.54, 1.807) is 0 Å². The molecule has 2 aliphatic rings. The Balaban J connectivity index is 1.54. The second kappa shape index (κ2) is 5.61. The van der Waals surface area contributed by atoms with Crippen LogP contribution in [0.15, 0.2) is 24.3 Å². The number of nitrogens with zero attached hydrogens (tertiary/aromatic N) is 1. The maximum Gasteiger partial charge on any atom is 0.351 e. The van der Waals surface area contributed by atoms with Crippen molar-refractivity contribution in [3.05, 3.63) is 29.8 Å². The first-order valence-electron chi connectivity index (χ1n) is 6.96. The molecule has 102 valence electrons. The fourth-order valence-corrected chi connectivity index (χ4v) is 2.51. The molecule has 2 heterocycles. The third-order valence-corrected chi connectivity index (χ3v) is 3.70. The molecule has 1 aromatic carbocycles. The van der Waals surface area contributed by atoms with Crippen LogP contribution in [0.3, 0.4) is 0 Å². The smallest absolute Gasteiger partial charge is 0.351 e. The summed E-state index contributed by atoms with van der Waals surface area (Å²) in [6, 6.07) is 8.03. The molecule has 2 saturated heterocycles. The van der Waals surface area contributed by atoms with Crippen molar-refractivity contribution >= 4 is 5.97 Å². The van der Waals surface area contributed by atoms with Gasteiger partial charge in [0.2, 0.25) is 6.10 Å². The van der Waals surface area contributed by atoms with Crippen LogP contribution >= 0.6 is 0 Å². The third-order valence-electron chi connectivity index (χ3n) is 3.70. The fraction of sp³-hybridized carbons (Fsp3) is 0.533. The number of hydrogen-bond acceptors (Lipinski definition) is 4. The quantitative estimate of drug-likeness (QED) is 0.777. The van der Waals surface area contributed by atoms with Gasteiger partial charge in [0, 0.05) is 6.54 Å². The van der Waals surface area contributed by atoms with Crippen molar-refractivity contribution in [1.82, 2.24) is 4.90 Å². The number of cyclic esters (lactones) is 1. The lowest BCUT2D eigenvalue weighted by Crippen LogP contribution is -2.44. The van der Waals surface area contributed by atoms with E-state index < -0.39 is 6.10 Å². The highest BCUT2D eigenvalue weighted by Gasteiger charge is 2.32. The highest BCUT2D eigenvalue weighted by Crippen LogP contribution is 2.19. The number of likely N-dealkylation sites (tertiary alicyclic amines) is 1. The lowest BCUT2D eigenvalue weighted by atomic mass is 10.1. The summed E-state index contributed by atoms with van der Waals surface area (Å²) in [6.45, 7) is 3.78. The van der Waals surface area contributed by atoms with Gasteiger partial charge in [0.1, 0.15) is 12.4 Å². The molecule has 0 amide bonds. The number of carbonyl (C=O) groups excluding carboxylic acids is 1. The van der Waals surface area contributed by atoms with Gasteiger partial charge in [-0.25, -0.2) is 4.79 Å². The lowest BCUT2D eigenvalue weighted by molar-refractivity contribution is -0.175. The molecule has 0 aromatic heterocycles. The Morgan fingerprint density at radius 1 is 1.16 bits per heavy atom. The molecule has 4 heteroatoms. The molecule has 0 bridgehead atoms. The Morgan fingerprint density at radius 3 is 2.47 bits per heavy atom. The minimum atomic E-state index is -0.409. The van der Waals surface area contributed by atoms with E-state index in [9.17, 15) is 4.79 Å². The summed E-state index contributed by atoms with van der Waals surface area (Å²) in [5.74, 6) is 0.474. The van der Waals surface area contributed by atoms with E-state index in [0.29, 0.717) is 6.61 Å². The molecule has 0 spiro atoms. The van der Waals surface area contributed by atoms with Gasteiger partial charge < -0.3 is 9.47 Å². The zero-order valence-electron chi connectivity index (χ0n) is 11.0. The van der Waals surface area contributed by atoms with Crippen molar-refractivity contribution in [2.24, 2.45) is 0 Å². The van der Waals surface area contributed by atoms with Crippen LogP contribution in [0.25, 0.3) is 0 Å². The second-order valence-corrected chi connectivity index (χ2v) is 5.22. The average molecular weight is 261 g/mol. The van der Waals surface area contributed by atoms with E-state index in [0.717, 1.165) is 12.3 Å². The average Bonchev–Trinajstić information content (AvgIpc) is 2.46. The summed E-state index contributed by atoms with van der Waals surface area (Å²) < 4.78 is 10.2. The first-order chi connectivity index (χ1) is 9.31. The van der Waals surface area contributed by atoms with Crippen molar-refractivity contribution in [3.8, 4) is 5.75 Å². The van der Waals surface area contributed by atoms with Crippen molar-refractivity contribution in [2.75, 3.05) is 19.7 Å². The van der Waals surface area contributed by atoms with Crippen molar-refractivity contribution in [3.63, 3.8) is 0 Å². The van der Waals surface area contributed by atoms with Crippen LogP contribution in [0.2, 0.25) is 0 Å². The van der Waals surface area contributed by atoms with Gasteiger partial charge in [-0.15, -0.1) is 0 Å². The maximum atomic E-state index is 11.0. The minimum absolute atomic E-state index is 0.266. The largest absolute Gasteiger partial charge is 0.475 e. The lowest BCUT2D eigenvalue weighted by Gasteiger charge is -2.27. The molecular weight excluding hydrogens is 242 g/mol. The Kier molecular flexibility index (Phi) is 3.69. The summed E-state index contributed by atoms with van der Waals surface area (Å²) in [7, 11) is 0. The molecule has 0 N–H and O–H groups in total. The van der Waals surface area contributed by atoms with Crippen molar-refractivity contribution in [2.45, 2.75) is 31.9 Å². The summed E-state index contributed by atoms with van der Waals surface area (Å²) in [4.78, 5) is 13.5. The van der Waals surface area contributed by atoms with Gasteiger partial charge in [-0.3, -0.25) is 4.90 Å². The Labute approximate surface area is 113 Å². The molecule has 1 aromatic rings. The maximum absolute atomic E-state index is 11.0. The van der Waals surface area contributed by atoms with Crippen molar-refractivity contribution < 1.29 is 14.3 Å². The third kappa shape index (κ3) is 3.07. The normalized spacial score (nSPS) is 23.6. The van der Waals surface area contributed by atoms with Crippen LogP contribution in [0, 0.1) is 0 Å². The van der Waals surface area contributed by atoms with Crippen LogP contribution in [0.4, 0.5) is 0 Å². The molecule has 3 rings (SSSR count). The van der Waals surface area contributed by atoms with Crippen molar-refractivity contribution in [1.29, 1.82) is 0 Å². The Bertz CT molecular complexity index is 437. The van der Waals surface area contributed by atoms with E-state index in [-0.39, 0.29) is 5.97 Å². The van der Waals surface area contributed by atoms with E-state index in [2.05, 4.69) is 21.8 Å². The number of piperidine rings is 1. The predicted molar refractivity (Wildman–Crippen MR) is 70.9 cm³/mol. The zero-order valence-corrected chi connectivity index (χ0v) is 11.0. The minimum Gasteiger partial charge on any atom is -0.475 e. The summed E-state index contributed by atoms with van der Waals surface area (Å²) in [6.07, 6.45) is 3.57. The SMILES string of the molecule is O=C1OCC1Oc1ccc(CN2CCCCC2)cc1. The topological polar surface area (TPSA) is 38.8 Å². The molecule has 4 nitrogen and oxygen atoms in total. The van der Waals surface area contributed by atoms with Gasteiger partial charge in [-0.2, -0.15) is 0 Å². The summed E-state index contributed by atoms with van der Waals surface area (Å²) >= 11 is 0. The predicted octanol–water partition coefficient (Wildman–Crippen LogP) is 1.98. The van der Waals surface area contributed by atoms with Crippen LogP contribution < -0.4 is 4.74 Å². The molecule has 0 saturated carbocycles. The van der Waals surface area contributed by atoms with Crippen LogP contribution in [-0.2, 0) is 16.1 Å². The number of carbonyl (C=O) groups is 1. The number of benzene rings is 1. The monoisotopic (exact) mass is 261 g/mol. The van der Waals surface area contributed by atoms with Gasteiger partial charge in [0.25, 0.3) is 0 Å². The second-order valence-electron chi connectivity index (χ2n) is 5.22. The molecular formula is C15H19NO3. The number of hydrogen-bond donors (Lipinski definition) is 0. The van der Waals surface area contributed by atoms with Crippen LogP contribution in [0.5, 0.6) is 5.75 Å². The van der Waals surface area contributed by atoms with Gasteiger partial charge in [0.05, 0.1) is 0 Å². The van der Waals surface area contributed by atoms with E-state index >= 15 is 0 Å². The Morgan fingerprint density at radius 2 is 1.89 bits per heavy atom. The van der Waals surface area contributed by atoms with Crippen LogP contribution in [0.1, 0.15) is 24.8 Å². The molecule has 1 unspecified atom stereocenters. The first-order valence-corrected chi connectivity index (χ1v) is 6.96. The molecule has 19 heavy (non-hydrogen) atoms. The zero-order chi connectivity index (χ0) is 13.1. The molecule has 1 atom stereocenters. The highest BCUT2D eigenvalue weighted by atomic mass is 16.6. The standard InChI is InChI=1S/C15H19NO3/c17-15-14(11-18-15)19-13-6-4-12(5-7-13)10-16-8-2-1-3-9-16/h4-7,14H,1-3,8-11H2. The molecule has 2 aliphatic heterocycles. The summed E-state index contributed by atoms with van der Waals surface area (Å²) in [5, 5.41) is 0. The molecule has 2 fully saturated rings. The Hall–Kier alpha value is -1.55. The molecule has 0 radical (unpaired) electrons. The number of ether oxygens (including phenoxy) is 2. The number of esters is 1. The highest BCUT2D eigenvalue weighted by molar-refractivity contribution is 5.80. The number of rotatable bonds is 4. The van der Waals surface area contributed by atoms with E-state index in [1.807, 2.05) is 12.1 Å². The molecule has 0 aliphatic carbocycles. The van der Waals surface area contributed by atoms with Gasteiger partial charge >= 0.3 is 5.97 Å². The van der Waals surface area contributed by atoms with Gasteiger partial charge in [0.15, 0.2) is 0 Å². The van der Waals surface area contributed by atoms with E-state index in [4.69, 9.17) is 4.74 Å². The summed E-state index contributed by atoms with van der Waals surface area (Å²) in [5.41, 5.74) is 1.30.